The maximum absolute atomic E-state index is 5.26. The minimum absolute atomic E-state index is 0.885. The summed E-state index contributed by atoms with van der Waals surface area (Å²) in [6.07, 6.45) is 9.74. The number of nitrogens with zero attached hydrogens (tertiary/aromatic N) is 4. The molecule has 0 spiro atoms. The highest BCUT2D eigenvalue weighted by Crippen LogP contribution is 2.44. The van der Waals surface area contributed by atoms with Crippen molar-refractivity contribution in [2.75, 3.05) is 0 Å². The predicted octanol–water partition coefficient (Wildman–Crippen LogP) is 17.9. The minimum atomic E-state index is 0.885. The fourth-order valence-corrected chi connectivity index (χ4v) is 11.1. The van der Waals surface area contributed by atoms with Gasteiger partial charge in [0.15, 0.2) is 0 Å². The molecule has 0 fully saturated rings. The molecule has 0 unspecified atom stereocenters. The van der Waals surface area contributed by atoms with Gasteiger partial charge in [-0.3, -0.25) is 19.9 Å². The van der Waals surface area contributed by atoms with Crippen LogP contribution in [0.2, 0.25) is 0 Å². The molecular formula is C68H42N4. The van der Waals surface area contributed by atoms with E-state index in [0.717, 1.165) is 111 Å². The van der Waals surface area contributed by atoms with Crippen LogP contribution < -0.4 is 0 Å². The van der Waals surface area contributed by atoms with E-state index < -0.39 is 0 Å². The number of rotatable bonds is 7. The lowest BCUT2D eigenvalue weighted by atomic mass is 9.86. The molecule has 0 saturated carbocycles. The summed E-state index contributed by atoms with van der Waals surface area (Å²) in [6.45, 7) is 0. The molecule has 72 heavy (non-hydrogen) atoms. The van der Waals surface area contributed by atoms with Gasteiger partial charge in [-0.15, -0.1) is 0 Å². The number of hydrogen-bond acceptors (Lipinski definition) is 4. The first-order chi connectivity index (χ1) is 35.7. The van der Waals surface area contributed by atoms with E-state index in [1.807, 2.05) is 24.5 Å². The fourth-order valence-electron chi connectivity index (χ4n) is 11.1. The lowest BCUT2D eigenvalue weighted by molar-refractivity contribution is 1.28. The summed E-state index contributed by atoms with van der Waals surface area (Å²) in [5, 5.41) is 11.9. The number of aromatic nitrogens is 4. The maximum Gasteiger partial charge on any atom is 0.0787 e. The summed E-state index contributed by atoms with van der Waals surface area (Å²) in [5.74, 6) is 0. The Morgan fingerprint density at radius 1 is 0.208 bits per heavy atom. The van der Waals surface area contributed by atoms with Gasteiger partial charge in [0.2, 0.25) is 0 Å². The number of benzene rings is 10. The van der Waals surface area contributed by atoms with Gasteiger partial charge < -0.3 is 0 Å². The van der Waals surface area contributed by atoms with Crippen LogP contribution in [0.1, 0.15) is 0 Å². The number of hydrogen-bond donors (Lipinski definition) is 0. The molecule has 0 aliphatic carbocycles. The second kappa shape index (κ2) is 17.1. The zero-order chi connectivity index (χ0) is 47.5. The Kier molecular flexibility index (Phi) is 9.82. The van der Waals surface area contributed by atoms with Gasteiger partial charge in [0.25, 0.3) is 0 Å². The van der Waals surface area contributed by atoms with E-state index in [1.165, 1.54) is 32.3 Å². The highest BCUT2D eigenvalue weighted by atomic mass is 14.7. The molecule has 10 aromatic carbocycles. The van der Waals surface area contributed by atoms with Gasteiger partial charge in [-0.05, 0) is 131 Å². The molecule has 0 amide bonds. The smallest absolute Gasteiger partial charge is 0.0787 e. The van der Waals surface area contributed by atoms with Crippen molar-refractivity contribution < 1.29 is 0 Å². The second-order valence-electron chi connectivity index (χ2n) is 18.5. The van der Waals surface area contributed by atoms with Crippen LogP contribution in [0.15, 0.2) is 255 Å². The largest absolute Gasteiger partial charge is 0.264 e. The highest BCUT2D eigenvalue weighted by Gasteiger charge is 2.19. The summed E-state index contributed by atoms with van der Waals surface area (Å²) < 4.78 is 0. The Bertz CT molecular complexity index is 4160. The third-order valence-electron chi connectivity index (χ3n) is 14.5. The summed E-state index contributed by atoms with van der Waals surface area (Å²) >= 11 is 0. The van der Waals surface area contributed by atoms with Crippen LogP contribution in [0.3, 0.4) is 0 Å². The van der Waals surface area contributed by atoms with E-state index in [9.17, 15) is 0 Å². The average Bonchev–Trinajstić information content (AvgIpc) is 3.47. The van der Waals surface area contributed by atoms with Crippen molar-refractivity contribution in [3.05, 3.63) is 255 Å². The molecule has 0 radical (unpaired) electrons. The molecule has 14 rings (SSSR count). The zero-order valence-corrected chi connectivity index (χ0v) is 39.0. The molecule has 0 saturated heterocycles. The minimum Gasteiger partial charge on any atom is -0.264 e. The van der Waals surface area contributed by atoms with E-state index in [-0.39, 0.29) is 0 Å². The predicted molar refractivity (Wildman–Crippen MR) is 301 cm³/mol. The first-order valence-electron chi connectivity index (χ1n) is 24.4. The molecule has 4 aromatic heterocycles. The third kappa shape index (κ3) is 6.92. The molecule has 14 aromatic rings. The van der Waals surface area contributed by atoms with Gasteiger partial charge in [0.1, 0.15) is 0 Å². The second-order valence-corrected chi connectivity index (χ2v) is 18.5. The third-order valence-corrected chi connectivity index (χ3v) is 14.5. The van der Waals surface area contributed by atoms with Gasteiger partial charge in [-0.25, -0.2) is 0 Å². The van der Waals surface area contributed by atoms with Crippen molar-refractivity contribution in [1.29, 1.82) is 0 Å². The van der Waals surface area contributed by atoms with Crippen molar-refractivity contribution in [2.24, 2.45) is 0 Å². The first-order valence-corrected chi connectivity index (χ1v) is 24.4. The molecule has 0 bridgehead atoms. The van der Waals surface area contributed by atoms with E-state index >= 15 is 0 Å². The lowest BCUT2D eigenvalue weighted by Gasteiger charge is -2.18. The van der Waals surface area contributed by atoms with Crippen LogP contribution in [0, 0.1) is 0 Å². The quantitative estimate of drug-likeness (QED) is 0.150. The lowest BCUT2D eigenvalue weighted by Crippen LogP contribution is -1.93. The van der Waals surface area contributed by atoms with Crippen molar-refractivity contribution >= 4 is 64.9 Å². The monoisotopic (exact) mass is 914 g/mol. The molecule has 4 heteroatoms. The molecule has 4 nitrogen and oxygen atoms in total. The van der Waals surface area contributed by atoms with Crippen molar-refractivity contribution in [1.82, 2.24) is 19.9 Å². The Labute approximate surface area is 416 Å². The Morgan fingerprint density at radius 2 is 0.556 bits per heavy atom. The highest BCUT2D eigenvalue weighted by molar-refractivity contribution is 6.26. The van der Waals surface area contributed by atoms with E-state index in [0.29, 0.717) is 0 Å². The van der Waals surface area contributed by atoms with Gasteiger partial charge in [0.05, 0.1) is 16.7 Å². The molecule has 4 heterocycles. The molecule has 334 valence electrons. The topological polar surface area (TPSA) is 51.6 Å². The normalized spacial score (nSPS) is 11.6. The van der Waals surface area contributed by atoms with Crippen LogP contribution in [0.25, 0.3) is 143 Å². The van der Waals surface area contributed by atoms with Gasteiger partial charge in [0, 0.05) is 74.8 Å². The van der Waals surface area contributed by atoms with Gasteiger partial charge >= 0.3 is 0 Å². The summed E-state index contributed by atoms with van der Waals surface area (Å²) in [7, 11) is 0. The van der Waals surface area contributed by atoms with Gasteiger partial charge in [-0.1, -0.05) is 176 Å². The Morgan fingerprint density at radius 3 is 0.944 bits per heavy atom. The standard InChI is InChI=1S/C68H42N4/c1-2-18-51(50(17-1)43-31-32-66(70-40-43)44-16-15-33-69-39-44)45-34-46(52-19-3-5-21-54(52)48-37-64-60-27-9-7-23-56(60)58-25-11-13-29-62(58)67(64)71-41-48)36-47(35-45)53-20-4-6-22-55(53)49-38-65-61-28-10-8-24-57(61)59-26-12-14-30-63(59)68(65)72-42-49/h1-42H. The van der Waals surface area contributed by atoms with Gasteiger partial charge in [-0.2, -0.15) is 0 Å². The van der Waals surface area contributed by atoms with Crippen LogP contribution in [0.5, 0.6) is 0 Å². The van der Waals surface area contributed by atoms with Crippen LogP contribution in [-0.4, -0.2) is 19.9 Å². The molecule has 0 atom stereocenters. The summed E-state index contributed by atoms with van der Waals surface area (Å²) in [4.78, 5) is 19.8. The van der Waals surface area contributed by atoms with E-state index in [4.69, 9.17) is 15.0 Å². The van der Waals surface area contributed by atoms with Crippen molar-refractivity contribution in [3.8, 4) is 78.0 Å². The van der Waals surface area contributed by atoms with Crippen LogP contribution in [0.4, 0.5) is 0 Å². The number of pyridine rings is 4. The SMILES string of the molecule is c1cncc(-c2ccc(-c3ccccc3-c3cc(-c4ccccc4-c4cnc5c6ccccc6c6ccccc6c5c4)cc(-c4ccccc4-c4cnc5c6ccccc6c6ccccc6c5c4)c3)cn2)c1. The Hall–Kier alpha value is -9.64. The molecule has 0 N–H and O–H groups in total. The summed E-state index contributed by atoms with van der Waals surface area (Å²) in [5.41, 5.74) is 17.0. The number of fused-ring (bicyclic) bond motifs is 12. The van der Waals surface area contributed by atoms with Crippen molar-refractivity contribution in [3.63, 3.8) is 0 Å². The first kappa shape index (κ1) is 41.3. The average molecular weight is 915 g/mol. The van der Waals surface area contributed by atoms with E-state index in [1.54, 1.807) is 6.20 Å². The Balaban J connectivity index is 0.977. The van der Waals surface area contributed by atoms with Crippen LogP contribution >= 0.6 is 0 Å². The summed E-state index contributed by atoms with van der Waals surface area (Å²) in [6, 6.07) is 80.9. The zero-order valence-electron chi connectivity index (χ0n) is 39.0. The van der Waals surface area contributed by atoms with Crippen molar-refractivity contribution in [2.45, 2.75) is 0 Å². The van der Waals surface area contributed by atoms with Crippen LogP contribution in [-0.2, 0) is 0 Å². The molecule has 0 aliphatic heterocycles. The molecule has 0 aliphatic rings. The van der Waals surface area contributed by atoms with E-state index in [2.05, 4.69) is 230 Å². The fraction of sp³-hybridized carbons (Fsp3) is 0. The molecular weight excluding hydrogens is 873 g/mol. The maximum atomic E-state index is 5.26.